The van der Waals surface area contributed by atoms with Crippen molar-refractivity contribution < 1.29 is 18.3 Å². The van der Waals surface area contributed by atoms with Crippen LogP contribution in [0.25, 0.3) is 0 Å². The molecule has 0 aliphatic heterocycles. The van der Waals surface area contributed by atoms with Gasteiger partial charge in [0.2, 0.25) is 5.60 Å². The fourth-order valence-corrected chi connectivity index (χ4v) is 3.04. The van der Waals surface area contributed by atoms with E-state index in [1.54, 1.807) is 0 Å². The summed E-state index contributed by atoms with van der Waals surface area (Å²) in [6, 6.07) is 6.04. The van der Waals surface area contributed by atoms with Crippen molar-refractivity contribution in [3.63, 3.8) is 0 Å². The van der Waals surface area contributed by atoms with E-state index in [0.29, 0.717) is 19.0 Å². The highest BCUT2D eigenvalue weighted by Gasteiger charge is 2.57. The number of hydrogen-bond donors (Lipinski definition) is 3. The molecule has 1 heterocycles. The van der Waals surface area contributed by atoms with Crippen LogP contribution in [0, 0.1) is 13.8 Å². The molecule has 1 aromatic carbocycles. The van der Waals surface area contributed by atoms with Crippen LogP contribution in [0.3, 0.4) is 0 Å². The lowest BCUT2D eigenvalue weighted by Gasteiger charge is -2.30. The van der Waals surface area contributed by atoms with Gasteiger partial charge in [-0.15, -0.1) is 24.0 Å². The van der Waals surface area contributed by atoms with Gasteiger partial charge in [0.25, 0.3) is 0 Å². The molecule has 6 nitrogen and oxygen atoms in total. The van der Waals surface area contributed by atoms with Gasteiger partial charge in [-0.1, -0.05) is 23.8 Å². The summed E-state index contributed by atoms with van der Waals surface area (Å²) in [4.78, 5) is 8.15. The minimum atomic E-state index is -4.86. The maximum absolute atomic E-state index is 13.6. The van der Waals surface area contributed by atoms with Crippen molar-refractivity contribution in [1.29, 1.82) is 0 Å². The largest absolute Gasteiger partial charge is 0.424 e. The number of nitrogens with one attached hydrogen (secondary N) is 2. The zero-order chi connectivity index (χ0) is 21.7. The van der Waals surface area contributed by atoms with E-state index in [9.17, 15) is 18.3 Å². The molecule has 2 rings (SSSR count). The van der Waals surface area contributed by atoms with Crippen molar-refractivity contribution in [3.05, 3.63) is 53.1 Å². The van der Waals surface area contributed by atoms with E-state index in [1.807, 2.05) is 32.9 Å². The molecule has 0 aliphatic rings. The van der Waals surface area contributed by atoms with Crippen molar-refractivity contribution in [2.24, 2.45) is 12.0 Å². The van der Waals surface area contributed by atoms with Crippen LogP contribution in [0.15, 0.2) is 35.6 Å². The highest BCUT2D eigenvalue weighted by atomic mass is 127. The summed E-state index contributed by atoms with van der Waals surface area (Å²) in [5, 5.41) is 16.3. The van der Waals surface area contributed by atoms with Gasteiger partial charge in [-0.3, -0.25) is 0 Å². The van der Waals surface area contributed by atoms with E-state index in [-0.39, 0.29) is 30.5 Å². The Kier molecular flexibility index (Phi) is 9.60. The van der Waals surface area contributed by atoms with E-state index < -0.39 is 24.0 Å². The topological polar surface area (TPSA) is 74.5 Å². The zero-order valence-corrected chi connectivity index (χ0v) is 19.9. The minimum absolute atomic E-state index is 0. The smallest absolute Gasteiger partial charge is 0.374 e. The first-order valence-corrected chi connectivity index (χ1v) is 9.43. The first-order chi connectivity index (χ1) is 13.6. The van der Waals surface area contributed by atoms with Crippen LogP contribution >= 0.6 is 24.0 Å². The van der Waals surface area contributed by atoms with Crippen LogP contribution in [-0.4, -0.2) is 39.9 Å². The quantitative estimate of drug-likeness (QED) is 0.286. The van der Waals surface area contributed by atoms with Crippen molar-refractivity contribution in [1.82, 2.24) is 20.2 Å². The third-order valence-electron chi connectivity index (χ3n) is 4.69. The van der Waals surface area contributed by atoms with Crippen LogP contribution in [0.5, 0.6) is 0 Å². The van der Waals surface area contributed by atoms with Crippen molar-refractivity contribution >= 4 is 29.9 Å². The molecule has 0 saturated carbocycles. The first-order valence-electron chi connectivity index (χ1n) is 9.43. The Labute approximate surface area is 192 Å². The van der Waals surface area contributed by atoms with Crippen LogP contribution < -0.4 is 10.6 Å². The van der Waals surface area contributed by atoms with Crippen molar-refractivity contribution in [2.75, 3.05) is 13.1 Å². The first kappa shape index (κ1) is 26.2. The molecule has 1 unspecified atom stereocenters. The number of benzene rings is 1. The van der Waals surface area contributed by atoms with E-state index in [0.717, 1.165) is 16.7 Å². The number of nitrogens with zero attached hydrogens (tertiary/aromatic N) is 3. The van der Waals surface area contributed by atoms with Gasteiger partial charge >= 0.3 is 6.18 Å². The zero-order valence-electron chi connectivity index (χ0n) is 17.5. The second kappa shape index (κ2) is 11.0. The summed E-state index contributed by atoms with van der Waals surface area (Å²) >= 11 is 0. The van der Waals surface area contributed by atoms with E-state index in [4.69, 9.17) is 0 Å². The summed E-state index contributed by atoms with van der Waals surface area (Å²) in [5.41, 5.74) is 0.239. The van der Waals surface area contributed by atoms with Gasteiger partial charge in [0.05, 0.1) is 6.54 Å². The molecule has 0 radical (unpaired) electrons. The number of alkyl halides is 3. The molecule has 10 heteroatoms. The highest BCUT2D eigenvalue weighted by molar-refractivity contribution is 14.0. The van der Waals surface area contributed by atoms with E-state index in [1.165, 1.54) is 24.0 Å². The second-order valence-electron chi connectivity index (χ2n) is 7.02. The highest BCUT2D eigenvalue weighted by Crippen LogP contribution is 2.40. The van der Waals surface area contributed by atoms with Gasteiger partial charge in [0, 0.05) is 39.0 Å². The van der Waals surface area contributed by atoms with Gasteiger partial charge in [-0.2, -0.15) is 13.2 Å². The molecule has 0 fully saturated rings. The van der Waals surface area contributed by atoms with Crippen LogP contribution in [-0.2, 0) is 19.2 Å². The third-order valence-corrected chi connectivity index (χ3v) is 4.69. The van der Waals surface area contributed by atoms with Crippen LogP contribution in [0.4, 0.5) is 13.2 Å². The average molecular weight is 539 g/mol. The molecular weight excluding hydrogens is 510 g/mol. The molecule has 2 aromatic rings. The van der Waals surface area contributed by atoms with Gasteiger partial charge in [0.1, 0.15) is 5.82 Å². The summed E-state index contributed by atoms with van der Waals surface area (Å²) in [5.74, 6) is -0.0548. The predicted octanol–water partition coefficient (Wildman–Crippen LogP) is 3.55. The van der Waals surface area contributed by atoms with Crippen LogP contribution in [0.2, 0.25) is 0 Å². The van der Waals surface area contributed by atoms with Gasteiger partial charge in [-0.25, -0.2) is 9.98 Å². The SMILES string of the molecule is CCNC(=NCc1ccc(C)cc1C)NCCC(O)(c1nccn1C)C(F)(F)F.I. The number of aryl methyl sites for hydroxylation is 3. The van der Waals surface area contributed by atoms with Gasteiger partial charge < -0.3 is 20.3 Å². The maximum atomic E-state index is 13.6. The third kappa shape index (κ3) is 6.34. The fraction of sp³-hybridized carbons (Fsp3) is 0.500. The number of rotatable bonds is 7. The van der Waals surface area contributed by atoms with E-state index >= 15 is 0 Å². The Bertz CT molecular complexity index is 853. The average Bonchev–Trinajstić information content (AvgIpc) is 3.06. The molecule has 1 atom stereocenters. The Morgan fingerprint density at radius 3 is 2.47 bits per heavy atom. The van der Waals surface area contributed by atoms with Gasteiger partial charge in [-0.05, 0) is 31.9 Å². The Balaban J connectivity index is 0.00000450. The summed E-state index contributed by atoms with van der Waals surface area (Å²) in [6.45, 7) is 6.69. The molecule has 0 saturated heterocycles. The lowest BCUT2D eigenvalue weighted by atomic mass is 9.97. The summed E-state index contributed by atoms with van der Waals surface area (Å²) in [7, 11) is 1.42. The molecule has 1 aromatic heterocycles. The van der Waals surface area contributed by atoms with Crippen molar-refractivity contribution in [3.8, 4) is 0 Å². The standard InChI is InChI=1S/C20H28F3N5O.HI/c1-5-24-18(27-13-16-7-6-14(2)12-15(16)3)26-9-8-19(29,20(21,22)23)17-25-10-11-28(17)4;/h6-7,10-12,29H,5,8-9,13H2,1-4H3,(H2,24,26,27);1H. The number of aliphatic hydroxyl groups is 1. The lowest BCUT2D eigenvalue weighted by molar-refractivity contribution is -0.272. The van der Waals surface area contributed by atoms with E-state index in [2.05, 4.69) is 26.7 Å². The lowest BCUT2D eigenvalue weighted by Crippen LogP contribution is -2.47. The van der Waals surface area contributed by atoms with Crippen LogP contribution in [0.1, 0.15) is 35.9 Å². The summed E-state index contributed by atoms with van der Waals surface area (Å²) < 4.78 is 41.9. The number of hydrogen-bond acceptors (Lipinski definition) is 3. The minimum Gasteiger partial charge on any atom is -0.374 e. The monoisotopic (exact) mass is 539 g/mol. The number of imidazole rings is 1. The Hall–Kier alpha value is -1.82. The second-order valence-corrected chi connectivity index (χ2v) is 7.02. The molecule has 30 heavy (non-hydrogen) atoms. The molecule has 0 bridgehead atoms. The van der Waals surface area contributed by atoms with Crippen molar-refractivity contribution in [2.45, 2.75) is 45.5 Å². The molecule has 168 valence electrons. The maximum Gasteiger partial charge on any atom is 0.424 e. The Morgan fingerprint density at radius 2 is 1.93 bits per heavy atom. The molecular formula is C20H29F3IN5O. The number of aromatic nitrogens is 2. The van der Waals surface area contributed by atoms with Gasteiger partial charge in [0.15, 0.2) is 5.96 Å². The number of guanidine groups is 1. The predicted molar refractivity (Wildman–Crippen MR) is 122 cm³/mol. The normalized spacial score (nSPS) is 14.1. The molecule has 0 aliphatic carbocycles. The Morgan fingerprint density at radius 1 is 1.23 bits per heavy atom. The summed E-state index contributed by atoms with van der Waals surface area (Å²) in [6.07, 6.45) is -2.86. The number of aliphatic imine (C=N–C) groups is 1. The molecule has 0 spiro atoms. The molecule has 0 amide bonds. The fourth-order valence-electron chi connectivity index (χ4n) is 3.04. The molecule has 3 N–H and O–H groups in total. The number of halogens is 4.